The van der Waals surface area contributed by atoms with Gasteiger partial charge in [-0.25, -0.2) is 0 Å². The molecule has 26 heavy (non-hydrogen) atoms. The minimum absolute atomic E-state index is 0.114. The Hall–Kier alpha value is -1.81. The molecule has 136 valence electrons. The zero-order chi connectivity index (χ0) is 17.7. The van der Waals surface area contributed by atoms with Gasteiger partial charge in [0, 0.05) is 22.1 Å². The van der Waals surface area contributed by atoms with E-state index >= 15 is 0 Å². The number of nitrogens with one attached hydrogen (secondary N) is 1. The van der Waals surface area contributed by atoms with Crippen molar-refractivity contribution in [2.24, 2.45) is 23.2 Å². The van der Waals surface area contributed by atoms with Crippen LogP contribution in [0, 0.1) is 23.2 Å². The van der Waals surface area contributed by atoms with Gasteiger partial charge in [0.2, 0.25) is 5.91 Å². The maximum Gasteiger partial charge on any atom is 0.226 e. The predicted molar refractivity (Wildman–Crippen MR) is 99.4 cm³/mol. The second kappa shape index (κ2) is 6.12. The average Bonchev–Trinajstić information content (AvgIpc) is 3.08. The molecule has 5 heteroatoms. The lowest BCUT2D eigenvalue weighted by Gasteiger charge is -2.55. The van der Waals surface area contributed by atoms with E-state index in [1.165, 1.54) is 19.3 Å². The number of hydrogen-bond acceptors (Lipinski definition) is 3. The quantitative estimate of drug-likeness (QED) is 0.838. The van der Waals surface area contributed by atoms with Crippen molar-refractivity contribution in [3.05, 3.63) is 41.0 Å². The van der Waals surface area contributed by atoms with Crippen LogP contribution in [0.3, 0.4) is 0 Å². The Labute approximate surface area is 158 Å². The lowest BCUT2D eigenvalue weighted by atomic mass is 9.49. The number of aromatic nitrogens is 1. The normalized spacial score (nSPS) is 32.0. The van der Waals surface area contributed by atoms with Gasteiger partial charge in [-0.3, -0.25) is 4.79 Å². The molecule has 0 saturated heterocycles. The van der Waals surface area contributed by atoms with Crippen molar-refractivity contribution in [2.45, 2.75) is 45.1 Å². The number of nitrogens with zero attached hydrogens (tertiary/aromatic N) is 1. The van der Waals surface area contributed by atoms with E-state index in [1.807, 2.05) is 30.3 Å². The van der Waals surface area contributed by atoms with E-state index in [0.29, 0.717) is 17.3 Å². The Balaban J connectivity index is 1.25. The first-order valence-corrected chi connectivity index (χ1v) is 9.97. The lowest BCUT2D eigenvalue weighted by Crippen LogP contribution is -2.53. The highest BCUT2D eigenvalue weighted by atomic mass is 35.5. The van der Waals surface area contributed by atoms with Crippen LogP contribution >= 0.6 is 11.6 Å². The minimum Gasteiger partial charge on any atom is -0.356 e. The number of benzene rings is 1. The van der Waals surface area contributed by atoms with E-state index in [-0.39, 0.29) is 11.3 Å². The molecular formula is C21H23ClN2O2. The Morgan fingerprint density at radius 2 is 1.73 bits per heavy atom. The van der Waals surface area contributed by atoms with E-state index in [0.717, 1.165) is 48.3 Å². The molecule has 0 aliphatic heterocycles. The minimum atomic E-state index is -0.114. The molecule has 1 N–H and O–H groups in total. The summed E-state index contributed by atoms with van der Waals surface area (Å²) >= 11 is 5.92. The first-order chi connectivity index (χ1) is 12.6. The van der Waals surface area contributed by atoms with Crippen LogP contribution in [0.2, 0.25) is 5.02 Å². The summed E-state index contributed by atoms with van der Waals surface area (Å²) in [5, 5.41) is 7.95. The molecule has 1 aromatic carbocycles. The number of hydrogen-bond donors (Lipinski definition) is 1. The fourth-order valence-corrected chi connectivity index (χ4v) is 6.02. The van der Waals surface area contributed by atoms with E-state index in [1.54, 1.807) is 0 Å². The summed E-state index contributed by atoms with van der Waals surface area (Å²) < 4.78 is 5.43. The van der Waals surface area contributed by atoms with Gasteiger partial charge in [-0.15, -0.1) is 0 Å². The maximum atomic E-state index is 13.0. The van der Waals surface area contributed by atoms with E-state index in [9.17, 15) is 4.79 Å². The van der Waals surface area contributed by atoms with Crippen LogP contribution in [0.4, 0.5) is 0 Å². The highest BCUT2D eigenvalue weighted by Crippen LogP contribution is 2.60. The zero-order valence-electron chi connectivity index (χ0n) is 14.7. The van der Waals surface area contributed by atoms with E-state index in [2.05, 4.69) is 10.5 Å². The molecule has 6 rings (SSSR count). The summed E-state index contributed by atoms with van der Waals surface area (Å²) in [7, 11) is 0. The molecule has 4 aliphatic rings. The van der Waals surface area contributed by atoms with Crippen molar-refractivity contribution in [1.29, 1.82) is 0 Å². The van der Waals surface area contributed by atoms with Gasteiger partial charge in [-0.2, -0.15) is 0 Å². The number of amides is 1. The summed E-state index contributed by atoms with van der Waals surface area (Å²) in [6, 6.07) is 9.35. The fraction of sp³-hybridized carbons (Fsp3) is 0.524. The molecule has 0 unspecified atom stereocenters. The average molecular weight is 371 g/mol. The standard InChI is InChI=1S/C21H23ClN2O2/c22-17-3-1-16(2-4-17)19-8-18(24-26-19)12-23-20(25)21-9-13-5-14(10-21)7-15(6-13)11-21/h1-4,8,13-15H,5-7,9-12H2,(H,23,25). The van der Waals surface area contributed by atoms with Crippen LogP contribution in [-0.2, 0) is 11.3 Å². The largest absolute Gasteiger partial charge is 0.356 e. The van der Waals surface area contributed by atoms with Gasteiger partial charge in [0.15, 0.2) is 5.76 Å². The number of carbonyl (C=O) groups is 1. The molecule has 1 aromatic heterocycles. The van der Waals surface area contributed by atoms with Crippen LogP contribution < -0.4 is 5.32 Å². The molecule has 4 saturated carbocycles. The summed E-state index contributed by atoms with van der Waals surface area (Å²) in [6.45, 7) is 0.428. The van der Waals surface area contributed by atoms with Gasteiger partial charge in [0.1, 0.15) is 5.69 Å². The monoisotopic (exact) mass is 370 g/mol. The van der Waals surface area contributed by atoms with Crippen LogP contribution in [0.5, 0.6) is 0 Å². The molecule has 2 aromatic rings. The van der Waals surface area contributed by atoms with Gasteiger partial charge in [0.25, 0.3) is 0 Å². The van der Waals surface area contributed by atoms with Crippen molar-refractivity contribution in [3.8, 4) is 11.3 Å². The third kappa shape index (κ3) is 2.84. The highest BCUT2D eigenvalue weighted by molar-refractivity contribution is 6.30. The number of halogens is 1. The van der Waals surface area contributed by atoms with Crippen molar-refractivity contribution in [2.75, 3.05) is 0 Å². The second-order valence-corrected chi connectivity index (χ2v) is 9.01. The summed E-state index contributed by atoms with van der Waals surface area (Å²) in [4.78, 5) is 13.0. The van der Waals surface area contributed by atoms with E-state index < -0.39 is 0 Å². The van der Waals surface area contributed by atoms with Crippen LogP contribution in [0.15, 0.2) is 34.9 Å². The molecule has 4 aliphatic carbocycles. The molecule has 1 heterocycles. The van der Waals surface area contributed by atoms with Crippen molar-refractivity contribution in [3.63, 3.8) is 0 Å². The van der Waals surface area contributed by atoms with Crippen LogP contribution in [0.25, 0.3) is 11.3 Å². The van der Waals surface area contributed by atoms with Crippen molar-refractivity contribution < 1.29 is 9.32 Å². The Morgan fingerprint density at radius 3 is 2.35 bits per heavy atom. The zero-order valence-corrected chi connectivity index (χ0v) is 15.5. The van der Waals surface area contributed by atoms with Crippen molar-refractivity contribution >= 4 is 17.5 Å². The lowest BCUT2D eigenvalue weighted by molar-refractivity contribution is -0.146. The number of rotatable bonds is 4. The van der Waals surface area contributed by atoms with Gasteiger partial charge >= 0.3 is 0 Å². The first kappa shape index (κ1) is 16.4. The summed E-state index contributed by atoms with van der Waals surface area (Å²) in [6.07, 6.45) is 7.29. The van der Waals surface area contributed by atoms with Crippen LogP contribution in [-0.4, -0.2) is 11.1 Å². The molecule has 1 amide bonds. The maximum absolute atomic E-state index is 13.0. The topological polar surface area (TPSA) is 55.1 Å². The highest BCUT2D eigenvalue weighted by Gasteiger charge is 2.54. The van der Waals surface area contributed by atoms with E-state index in [4.69, 9.17) is 16.1 Å². The summed E-state index contributed by atoms with van der Waals surface area (Å²) in [5.41, 5.74) is 1.57. The SMILES string of the molecule is O=C(NCc1cc(-c2ccc(Cl)cc2)on1)C12CC3CC(CC(C3)C1)C2. The first-order valence-electron chi connectivity index (χ1n) is 9.59. The van der Waals surface area contributed by atoms with Crippen LogP contribution in [0.1, 0.15) is 44.2 Å². The molecule has 4 nitrogen and oxygen atoms in total. The van der Waals surface area contributed by atoms with Crippen molar-refractivity contribution in [1.82, 2.24) is 10.5 Å². The summed E-state index contributed by atoms with van der Waals surface area (Å²) in [5.74, 6) is 3.25. The third-order valence-corrected chi connectivity index (χ3v) is 6.89. The Bertz CT molecular complexity index is 792. The van der Waals surface area contributed by atoms with Gasteiger partial charge < -0.3 is 9.84 Å². The molecule has 4 fully saturated rings. The molecule has 4 bridgehead atoms. The molecule has 0 spiro atoms. The predicted octanol–water partition coefficient (Wildman–Crippen LogP) is 4.83. The van der Waals surface area contributed by atoms with Gasteiger partial charge in [-0.05, 0) is 80.5 Å². The number of carbonyl (C=O) groups excluding carboxylic acids is 1. The fourth-order valence-electron chi connectivity index (χ4n) is 5.89. The van der Waals surface area contributed by atoms with Gasteiger partial charge in [0.05, 0.1) is 6.54 Å². The molecule has 0 atom stereocenters. The molecule has 0 radical (unpaired) electrons. The Morgan fingerprint density at radius 1 is 1.12 bits per heavy atom. The smallest absolute Gasteiger partial charge is 0.226 e. The Kier molecular flexibility index (Phi) is 3.85. The third-order valence-electron chi connectivity index (χ3n) is 6.64. The van der Waals surface area contributed by atoms with Gasteiger partial charge in [-0.1, -0.05) is 16.8 Å². The second-order valence-electron chi connectivity index (χ2n) is 8.57. The molecular weight excluding hydrogens is 348 g/mol.